The number of nitrogens with two attached hydrogens (primary N) is 2. The molecule has 0 aliphatic rings. The van der Waals surface area contributed by atoms with Gasteiger partial charge in [0.2, 0.25) is 0 Å². The molecule has 0 spiro atoms. The first kappa shape index (κ1) is 12.0. The van der Waals surface area contributed by atoms with Crippen molar-refractivity contribution in [3.63, 3.8) is 0 Å². The average molecular weight is 208 g/mol. The summed E-state index contributed by atoms with van der Waals surface area (Å²) in [7, 11) is 1.68. The van der Waals surface area contributed by atoms with Crippen LogP contribution >= 0.6 is 0 Å². The minimum absolute atomic E-state index is 0.0584. The van der Waals surface area contributed by atoms with Crippen molar-refractivity contribution in [1.29, 1.82) is 0 Å². The van der Waals surface area contributed by atoms with Gasteiger partial charge >= 0.3 is 0 Å². The van der Waals surface area contributed by atoms with Crippen molar-refractivity contribution in [2.75, 3.05) is 13.7 Å². The molecular weight excluding hydrogens is 188 g/mol. The third-order valence-electron chi connectivity index (χ3n) is 2.58. The fourth-order valence-electron chi connectivity index (χ4n) is 1.57. The molecule has 0 bridgehead atoms. The van der Waals surface area contributed by atoms with Gasteiger partial charge in [-0.3, -0.25) is 0 Å². The largest absolute Gasteiger partial charge is 0.496 e. The molecule has 1 aromatic rings. The maximum absolute atomic E-state index is 6.04. The Bertz CT molecular complexity index is 312. The van der Waals surface area contributed by atoms with E-state index in [-0.39, 0.29) is 6.04 Å². The number of hydrogen-bond donors (Lipinski definition) is 2. The minimum Gasteiger partial charge on any atom is -0.496 e. The van der Waals surface area contributed by atoms with E-state index in [0.717, 1.165) is 29.7 Å². The van der Waals surface area contributed by atoms with Crippen LogP contribution in [0.1, 0.15) is 30.0 Å². The van der Waals surface area contributed by atoms with E-state index in [2.05, 4.69) is 6.07 Å². The van der Waals surface area contributed by atoms with Gasteiger partial charge in [-0.05, 0) is 43.5 Å². The van der Waals surface area contributed by atoms with Crippen LogP contribution in [0, 0.1) is 6.92 Å². The zero-order valence-electron chi connectivity index (χ0n) is 9.49. The molecule has 3 heteroatoms. The lowest BCUT2D eigenvalue weighted by molar-refractivity contribution is 0.410. The van der Waals surface area contributed by atoms with Gasteiger partial charge in [-0.1, -0.05) is 12.1 Å². The predicted octanol–water partition coefficient (Wildman–Crippen LogP) is 1.74. The normalized spacial score (nSPS) is 12.5. The zero-order chi connectivity index (χ0) is 11.3. The Balaban J connectivity index is 2.76. The fourth-order valence-corrected chi connectivity index (χ4v) is 1.57. The highest BCUT2D eigenvalue weighted by molar-refractivity contribution is 5.37. The Morgan fingerprint density at radius 3 is 2.73 bits per heavy atom. The van der Waals surface area contributed by atoms with E-state index in [9.17, 15) is 0 Å². The lowest BCUT2D eigenvalue weighted by atomic mass is 10.0. The van der Waals surface area contributed by atoms with Crippen molar-refractivity contribution >= 4 is 0 Å². The van der Waals surface area contributed by atoms with E-state index in [1.165, 1.54) is 0 Å². The van der Waals surface area contributed by atoms with Gasteiger partial charge in [0, 0.05) is 6.04 Å². The number of hydrogen-bond acceptors (Lipinski definition) is 3. The van der Waals surface area contributed by atoms with Gasteiger partial charge in [0.25, 0.3) is 0 Å². The zero-order valence-corrected chi connectivity index (χ0v) is 9.49. The molecule has 0 aliphatic heterocycles. The summed E-state index contributed by atoms with van der Waals surface area (Å²) < 4.78 is 5.26. The Hall–Kier alpha value is -1.06. The molecule has 1 atom stereocenters. The van der Waals surface area contributed by atoms with Crippen LogP contribution in [-0.2, 0) is 0 Å². The summed E-state index contributed by atoms with van der Waals surface area (Å²) >= 11 is 0. The summed E-state index contributed by atoms with van der Waals surface area (Å²) in [5.41, 5.74) is 13.7. The summed E-state index contributed by atoms with van der Waals surface area (Å²) in [6.07, 6.45) is 1.88. The lowest BCUT2D eigenvalue weighted by Crippen LogP contribution is -2.12. The third-order valence-corrected chi connectivity index (χ3v) is 2.58. The molecule has 0 amide bonds. The van der Waals surface area contributed by atoms with Crippen LogP contribution in [0.5, 0.6) is 5.75 Å². The Morgan fingerprint density at radius 2 is 2.13 bits per heavy atom. The first-order valence-corrected chi connectivity index (χ1v) is 5.29. The molecule has 0 saturated heterocycles. The molecule has 3 nitrogen and oxygen atoms in total. The van der Waals surface area contributed by atoms with Crippen LogP contribution in [0.25, 0.3) is 0 Å². The molecule has 4 N–H and O–H groups in total. The molecule has 0 saturated carbocycles. The second kappa shape index (κ2) is 5.73. The van der Waals surface area contributed by atoms with Crippen LogP contribution in [0.2, 0.25) is 0 Å². The predicted molar refractivity (Wildman–Crippen MR) is 62.9 cm³/mol. The number of methoxy groups -OCH3 is 1. The van der Waals surface area contributed by atoms with Crippen LogP contribution in [0.15, 0.2) is 18.2 Å². The van der Waals surface area contributed by atoms with Crippen LogP contribution in [0.3, 0.4) is 0 Å². The molecule has 0 aromatic heterocycles. The summed E-state index contributed by atoms with van der Waals surface area (Å²) in [4.78, 5) is 0. The Kier molecular flexibility index (Phi) is 4.59. The maximum Gasteiger partial charge on any atom is 0.122 e. The van der Waals surface area contributed by atoms with Crippen molar-refractivity contribution in [3.05, 3.63) is 29.3 Å². The van der Waals surface area contributed by atoms with Crippen molar-refractivity contribution in [3.8, 4) is 5.75 Å². The number of benzene rings is 1. The first-order valence-electron chi connectivity index (χ1n) is 5.29. The molecule has 1 aromatic carbocycles. The van der Waals surface area contributed by atoms with E-state index in [1.807, 2.05) is 19.1 Å². The molecule has 0 heterocycles. The molecule has 0 radical (unpaired) electrons. The molecule has 84 valence electrons. The minimum atomic E-state index is 0.0584. The quantitative estimate of drug-likeness (QED) is 0.774. The molecule has 0 aliphatic carbocycles. The summed E-state index contributed by atoms with van der Waals surface area (Å²) in [6, 6.07) is 6.16. The Labute approximate surface area is 91.4 Å². The van der Waals surface area contributed by atoms with E-state index in [0.29, 0.717) is 6.54 Å². The fraction of sp³-hybridized carbons (Fsp3) is 0.500. The van der Waals surface area contributed by atoms with Gasteiger partial charge in [-0.25, -0.2) is 0 Å². The van der Waals surface area contributed by atoms with Gasteiger partial charge in [0.05, 0.1) is 7.11 Å². The number of rotatable bonds is 5. The van der Waals surface area contributed by atoms with Crippen LogP contribution in [0.4, 0.5) is 0 Å². The van der Waals surface area contributed by atoms with E-state index in [1.54, 1.807) is 7.11 Å². The SMILES string of the molecule is COc1cc([C@H](N)CCCN)ccc1C. The highest BCUT2D eigenvalue weighted by Crippen LogP contribution is 2.23. The first-order chi connectivity index (χ1) is 7.19. The maximum atomic E-state index is 6.04. The van der Waals surface area contributed by atoms with E-state index in [4.69, 9.17) is 16.2 Å². The summed E-state index contributed by atoms with van der Waals surface area (Å²) in [5.74, 6) is 0.899. The molecule has 0 unspecified atom stereocenters. The highest BCUT2D eigenvalue weighted by atomic mass is 16.5. The van der Waals surface area contributed by atoms with Crippen molar-refractivity contribution in [1.82, 2.24) is 0 Å². The standard InChI is InChI=1S/C12H20N2O/c1-9-5-6-10(8-12(9)15-2)11(14)4-3-7-13/h5-6,8,11H,3-4,7,13-14H2,1-2H3/t11-/m1/s1. The molecule has 0 fully saturated rings. The summed E-state index contributed by atoms with van der Waals surface area (Å²) in [5, 5.41) is 0. The Morgan fingerprint density at radius 1 is 1.40 bits per heavy atom. The molecule has 1 rings (SSSR count). The monoisotopic (exact) mass is 208 g/mol. The van der Waals surface area contributed by atoms with Gasteiger partial charge in [-0.15, -0.1) is 0 Å². The second-order valence-electron chi connectivity index (χ2n) is 3.77. The van der Waals surface area contributed by atoms with Gasteiger partial charge in [0.1, 0.15) is 5.75 Å². The summed E-state index contributed by atoms with van der Waals surface area (Å²) in [6.45, 7) is 2.71. The number of aryl methyl sites for hydroxylation is 1. The van der Waals surface area contributed by atoms with Crippen LogP contribution < -0.4 is 16.2 Å². The molecular formula is C12H20N2O. The van der Waals surface area contributed by atoms with Crippen LogP contribution in [-0.4, -0.2) is 13.7 Å². The van der Waals surface area contributed by atoms with Crippen molar-refractivity contribution in [2.45, 2.75) is 25.8 Å². The number of ether oxygens (including phenoxy) is 1. The van der Waals surface area contributed by atoms with E-state index < -0.39 is 0 Å². The van der Waals surface area contributed by atoms with E-state index >= 15 is 0 Å². The topological polar surface area (TPSA) is 61.3 Å². The van der Waals surface area contributed by atoms with Gasteiger partial charge in [0.15, 0.2) is 0 Å². The van der Waals surface area contributed by atoms with Crippen molar-refractivity contribution in [2.24, 2.45) is 11.5 Å². The molecule has 15 heavy (non-hydrogen) atoms. The smallest absolute Gasteiger partial charge is 0.122 e. The highest BCUT2D eigenvalue weighted by Gasteiger charge is 2.07. The van der Waals surface area contributed by atoms with Gasteiger partial charge < -0.3 is 16.2 Å². The van der Waals surface area contributed by atoms with Gasteiger partial charge in [-0.2, -0.15) is 0 Å². The second-order valence-corrected chi connectivity index (χ2v) is 3.77. The van der Waals surface area contributed by atoms with Crippen molar-refractivity contribution < 1.29 is 4.74 Å². The third kappa shape index (κ3) is 3.22. The lowest BCUT2D eigenvalue weighted by Gasteiger charge is -2.13. The average Bonchev–Trinajstić information content (AvgIpc) is 2.26.